The summed E-state index contributed by atoms with van der Waals surface area (Å²) < 4.78 is 3.58. The molecule has 0 spiro atoms. The van der Waals surface area contributed by atoms with Crippen LogP contribution in [0.1, 0.15) is 28.7 Å². The number of hydrogen-bond donors (Lipinski definition) is 1. The SMILES string of the molecule is Cn1ccnc1C(=O)N1C[C@@H]2C[C@H](C1)c1cc(-c3cc(N)ncn3)cc(=O)n1C2. The van der Waals surface area contributed by atoms with E-state index in [0.717, 1.165) is 17.7 Å². The maximum Gasteiger partial charge on any atom is 0.289 e. The van der Waals surface area contributed by atoms with Gasteiger partial charge in [-0.05, 0) is 18.4 Å². The number of nitrogen functional groups attached to an aromatic ring is 1. The molecule has 29 heavy (non-hydrogen) atoms. The smallest absolute Gasteiger partial charge is 0.289 e. The lowest BCUT2D eigenvalue weighted by atomic mass is 9.82. The molecule has 5 heterocycles. The fourth-order valence-corrected chi connectivity index (χ4v) is 4.52. The number of aromatic nitrogens is 5. The molecule has 2 bridgehead atoms. The van der Waals surface area contributed by atoms with Crippen molar-refractivity contribution < 1.29 is 4.79 Å². The molecule has 5 rings (SSSR count). The zero-order valence-electron chi connectivity index (χ0n) is 16.0. The number of aryl methyl sites for hydroxylation is 1. The zero-order valence-corrected chi connectivity index (χ0v) is 16.0. The Morgan fingerprint density at radius 3 is 2.76 bits per heavy atom. The highest BCUT2D eigenvalue weighted by Crippen LogP contribution is 2.36. The fraction of sp³-hybridized carbons (Fsp3) is 0.350. The van der Waals surface area contributed by atoms with E-state index in [1.54, 1.807) is 29.1 Å². The third-order valence-electron chi connectivity index (χ3n) is 5.84. The van der Waals surface area contributed by atoms with Gasteiger partial charge in [0.2, 0.25) is 0 Å². The Hall–Kier alpha value is -3.49. The first-order valence-electron chi connectivity index (χ1n) is 9.59. The Morgan fingerprint density at radius 2 is 2.00 bits per heavy atom. The van der Waals surface area contributed by atoms with Crippen LogP contribution in [-0.2, 0) is 13.6 Å². The van der Waals surface area contributed by atoms with Crippen LogP contribution in [-0.4, -0.2) is 48.0 Å². The van der Waals surface area contributed by atoms with Crippen molar-refractivity contribution in [3.8, 4) is 11.3 Å². The number of imidazole rings is 1. The predicted octanol–water partition coefficient (Wildman–Crippen LogP) is 0.880. The van der Waals surface area contributed by atoms with Gasteiger partial charge in [-0.25, -0.2) is 15.0 Å². The van der Waals surface area contributed by atoms with Gasteiger partial charge in [-0.3, -0.25) is 9.59 Å². The molecule has 0 aliphatic carbocycles. The largest absolute Gasteiger partial charge is 0.384 e. The monoisotopic (exact) mass is 391 g/mol. The lowest BCUT2D eigenvalue weighted by Crippen LogP contribution is -2.49. The molecule has 148 valence electrons. The molecule has 1 amide bonds. The van der Waals surface area contributed by atoms with Crippen molar-refractivity contribution in [1.29, 1.82) is 0 Å². The number of carbonyl (C=O) groups excluding carboxylic acids is 1. The average molecular weight is 391 g/mol. The molecule has 9 heteroatoms. The molecule has 0 radical (unpaired) electrons. The van der Waals surface area contributed by atoms with Crippen molar-refractivity contribution >= 4 is 11.7 Å². The number of carbonyl (C=O) groups is 1. The number of amides is 1. The molecule has 3 aromatic heterocycles. The van der Waals surface area contributed by atoms with Gasteiger partial charge in [-0.1, -0.05) is 0 Å². The van der Waals surface area contributed by atoms with Crippen LogP contribution in [0.4, 0.5) is 5.82 Å². The quantitative estimate of drug-likeness (QED) is 0.694. The molecule has 3 aromatic rings. The number of likely N-dealkylation sites (tertiary alicyclic amines) is 1. The van der Waals surface area contributed by atoms with Crippen LogP contribution < -0.4 is 11.3 Å². The Morgan fingerprint density at radius 1 is 1.14 bits per heavy atom. The minimum Gasteiger partial charge on any atom is -0.384 e. The Labute approximate surface area is 166 Å². The number of nitrogens with two attached hydrogens (primary N) is 1. The number of hydrogen-bond acceptors (Lipinski definition) is 6. The Bertz CT molecular complexity index is 1170. The van der Waals surface area contributed by atoms with Crippen LogP contribution in [0, 0.1) is 5.92 Å². The van der Waals surface area contributed by atoms with E-state index >= 15 is 0 Å². The van der Waals surface area contributed by atoms with Crippen LogP contribution in [0.5, 0.6) is 0 Å². The maximum absolute atomic E-state index is 13.0. The van der Waals surface area contributed by atoms with E-state index in [-0.39, 0.29) is 23.3 Å². The second-order valence-electron chi connectivity index (χ2n) is 7.82. The minimum atomic E-state index is -0.0669. The number of nitrogens with zero attached hydrogens (tertiary/aromatic N) is 6. The van der Waals surface area contributed by atoms with Crippen LogP contribution in [0.3, 0.4) is 0 Å². The summed E-state index contributed by atoms with van der Waals surface area (Å²) in [5.74, 6) is 1.08. The van der Waals surface area contributed by atoms with Crippen molar-refractivity contribution in [2.24, 2.45) is 13.0 Å². The van der Waals surface area contributed by atoms with E-state index in [4.69, 9.17) is 5.73 Å². The van der Waals surface area contributed by atoms with Gasteiger partial charge in [-0.15, -0.1) is 0 Å². The van der Waals surface area contributed by atoms with Crippen molar-refractivity contribution in [2.75, 3.05) is 18.8 Å². The summed E-state index contributed by atoms with van der Waals surface area (Å²) in [6, 6.07) is 5.26. The maximum atomic E-state index is 13.0. The van der Waals surface area contributed by atoms with Gasteiger partial charge in [0, 0.05) is 68.4 Å². The molecular formula is C20H21N7O2. The van der Waals surface area contributed by atoms with E-state index in [1.807, 2.05) is 22.6 Å². The topological polar surface area (TPSA) is 112 Å². The number of fused-ring (bicyclic) bond motifs is 4. The minimum absolute atomic E-state index is 0.0479. The number of piperidine rings is 1. The second kappa shape index (κ2) is 6.54. The molecule has 0 aromatic carbocycles. The highest BCUT2D eigenvalue weighted by atomic mass is 16.2. The van der Waals surface area contributed by atoms with Gasteiger partial charge < -0.3 is 19.8 Å². The molecule has 2 aliphatic heterocycles. The molecule has 0 unspecified atom stereocenters. The summed E-state index contributed by atoms with van der Waals surface area (Å²) >= 11 is 0. The van der Waals surface area contributed by atoms with E-state index < -0.39 is 0 Å². The first-order chi connectivity index (χ1) is 14.0. The van der Waals surface area contributed by atoms with Crippen LogP contribution >= 0.6 is 0 Å². The van der Waals surface area contributed by atoms with Gasteiger partial charge in [0.15, 0.2) is 5.82 Å². The molecular weight excluding hydrogens is 370 g/mol. The molecule has 2 atom stereocenters. The third kappa shape index (κ3) is 2.98. The van der Waals surface area contributed by atoms with Gasteiger partial charge in [-0.2, -0.15) is 0 Å². The normalized spacial score (nSPS) is 20.4. The van der Waals surface area contributed by atoms with Crippen LogP contribution in [0.15, 0.2) is 41.7 Å². The standard InChI is InChI=1S/C20H21N7O2/c1-25-3-2-22-19(25)20(29)26-8-12-4-14(10-26)16-5-13(6-18(28)27(16)9-12)15-7-17(21)24-11-23-15/h2-3,5-7,11-12,14H,4,8-10H2,1H3,(H2,21,23,24)/t12-,14+/m0/s1. The molecule has 2 aliphatic rings. The van der Waals surface area contributed by atoms with Gasteiger partial charge in [0.25, 0.3) is 11.5 Å². The fourth-order valence-electron chi connectivity index (χ4n) is 4.52. The summed E-state index contributed by atoms with van der Waals surface area (Å²) in [6.07, 6.45) is 5.75. The van der Waals surface area contributed by atoms with Gasteiger partial charge >= 0.3 is 0 Å². The number of pyridine rings is 1. The predicted molar refractivity (Wildman–Crippen MR) is 106 cm³/mol. The third-order valence-corrected chi connectivity index (χ3v) is 5.84. The average Bonchev–Trinajstić information content (AvgIpc) is 3.14. The van der Waals surface area contributed by atoms with Crippen molar-refractivity contribution in [3.05, 3.63) is 58.8 Å². The molecule has 1 fully saturated rings. The molecule has 0 saturated carbocycles. The lowest BCUT2D eigenvalue weighted by molar-refractivity contribution is 0.0579. The summed E-state index contributed by atoms with van der Waals surface area (Å²) in [6.45, 7) is 1.82. The molecule has 2 N–H and O–H groups in total. The van der Waals surface area contributed by atoms with Crippen LogP contribution in [0.25, 0.3) is 11.3 Å². The second-order valence-corrected chi connectivity index (χ2v) is 7.82. The Kier molecular flexibility index (Phi) is 3.97. The van der Waals surface area contributed by atoms with E-state index in [1.165, 1.54) is 6.33 Å². The summed E-state index contributed by atoms with van der Waals surface area (Å²) in [4.78, 5) is 40.0. The summed E-state index contributed by atoms with van der Waals surface area (Å²) in [7, 11) is 1.82. The molecule has 9 nitrogen and oxygen atoms in total. The van der Waals surface area contributed by atoms with Crippen molar-refractivity contribution in [2.45, 2.75) is 18.9 Å². The highest BCUT2D eigenvalue weighted by molar-refractivity contribution is 5.91. The zero-order chi connectivity index (χ0) is 20.1. The van der Waals surface area contributed by atoms with E-state index in [2.05, 4.69) is 15.0 Å². The summed E-state index contributed by atoms with van der Waals surface area (Å²) in [5, 5.41) is 0. The highest BCUT2D eigenvalue weighted by Gasteiger charge is 2.37. The van der Waals surface area contributed by atoms with Gasteiger partial charge in [0.05, 0.1) is 5.69 Å². The molecule has 1 saturated heterocycles. The first-order valence-corrected chi connectivity index (χ1v) is 9.59. The summed E-state index contributed by atoms with van der Waals surface area (Å²) in [5.41, 5.74) is 8.02. The van der Waals surface area contributed by atoms with Crippen molar-refractivity contribution in [3.63, 3.8) is 0 Å². The number of anilines is 1. The van der Waals surface area contributed by atoms with Crippen molar-refractivity contribution in [1.82, 2.24) is 29.0 Å². The van der Waals surface area contributed by atoms with E-state index in [0.29, 0.717) is 37.0 Å². The van der Waals surface area contributed by atoms with E-state index in [9.17, 15) is 9.59 Å². The lowest BCUT2D eigenvalue weighted by Gasteiger charge is -2.42. The first kappa shape index (κ1) is 17.6. The number of rotatable bonds is 2. The Balaban J connectivity index is 1.51. The van der Waals surface area contributed by atoms with Crippen LogP contribution in [0.2, 0.25) is 0 Å². The van der Waals surface area contributed by atoms with Gasteiger partial charge in [0.1, 0.15) is 12.1 Å².